The minimum absolute atomic E-state index is 1.20. The second-order valence-corrected chi connectivity index (χ2v) is 4.93. The molecule has 0 amide bonds. The van der Waals surface area contributed by atoms with Gasteiger partial charge in [0.2, 0.25) is 0 Å². The second-order valence-electron chi connectivity index (χ2n) is 3.96. The van der Waals surface area contributed by atoms with Crippen LogP contribution in [0.25, 0.3) is 0 Å². The van der Waals surface area contributed by atoms with Crippen molar-refractivity contribution in [2.45, 2.75) is 13.8 Å². The molecule has 0 saturated carbocycles. The Morgan fingerprint density at radius 2 is 1.38 bits per heavy atom. The molecule has 1 nitrogen and oxygen atoms in total. The molecule has 2 heteroatoms. The molecule has 0 saturated heterocycles. The molecule has 2 rings (SSSR count). The first-order valence-electron chi connectivity index (χ1n) is 5.26. The molecule has 0 heterocycles. The fourth-order valence-electron chi connectivity index (χ4n) is 1.77. The van der Waals surface area contributed by atoms with Crippen LogP contribution in [0.1, 0.15) is 11.1 Å². The highest BCUT2D eigenvalue weighted by molar-refractivity contribution is 14.1. The summed E-state index contributed by atoms with van der Waals surface area (Å²) in [5, 5.41) is 0. The Labute approximate surface area is 111 Å². The largest absolute Gasteiger partial charge is 0.283 e. The lowest BCUT2D eigenvalue weighted by molar-refractivity contribution is 1.35. The smallest absolute Gasteiger partial charge is 0.0646 e. The van der Waals surface area contributed by atoms with Crippen molar-refractivity contribution in [1.82, 2.24) is 0 Å². The minimum Gasteiger partial charge on any atom is -0.283 e. The highest BCUT2D eigenvalue weighted by atomic mass is 127. The van der Waals surface area contributed by atoms with Gasteiger partial charge >= 0.3 is 0 Å². The van der Waals surface area contributed by atoms with Crippen LogP contribution in [0.2, 0.25) is 0 Å². The number of anilines is 2. The molecule has 0 bridgehead atoms. The first-order chi connectivity index (χ1) is 7.66. The third-order valence-electron chi connectivity index (χ3n) is 2.42. The van der Waals surface area contributed by atoms with E-state index in [1.807, 2.05) is 6.07 Å². The van der Waals surface area contributed by atoms with Crippen LogP contribution < -0.4 is 3.11 Å². The van der Waals surface area contributed by atoms with Crippen LogP contribution >= 0.6 is 22.9 Å². The van der Waals surface area contributed by atoms with E-state index < -0.39 is 0 Å². The molecule has 0 N–H and O–H groups in total. The fourth-order valence-corrected chi connectivity index (χ4v) is 2.37. The van der Waals surface area contributed by atoms with Crippen LogP contribution in [0.4, 0.5) is 11.4 Å². The van der Waals surface area contributed by atoms with Crippen molar-refractivity contribution < 1.29 is 0 Å². The molecular weight excluding hydrogens is 309 g/mol. The zero-order chi connectivity index (χ0) is 11.5. The summed E-state index contributed by atoms with van der Waals surface area (Å²) in [6.45, 7) is 4.26. The number of rotatable bonds is 2. The van der Waals surface area contributed by atoms with Gasteiger partial charge in [-0.25, -0.2) is 0 Å². The lowest BCUT2D eigenvalue weighted by Crippen LogP contribution is -2.01. The SMILES string of the molecule is Cc1cc(C)cc(N(I)c2ccccc2)c1. The second kappa shape index (κ2) is 4.87. The van der Waals surface area contributed by atoms with E-state index in [2.05, 4.69) is 82.3 Å². The van der Waals surface area contributed by atoms with Crippen LogP contribution in [0.5, 0.6) is 0 Å². The van der Waals surface area contributed by atoms with E-state index in [1.165, 1.54) is 22.5 Å². The maximum Gasteiger partial charge on any atom is 0.0646 e. The van der Waals surface area contributed by atoms with E-state index in [0.717, 1.165) is 0 Å². The highest BCUT2D eigenvalue weighted by Gasteiger charge is 2.05. The zero-order valence-corrected chi connectivity index (χ0v) is 11.6. The van der Waals surface area contributed by atoms with Crippen LogP contribution in [-0.4, -0.2) is 0 Å². The van der Waals surface area contributed by atoms with Crippen molar-refractivity contribution in [3.8, 4) is 0 Å². The Balaban J connectivity index is 2.37. The van der Waals surface area contributed by atoms with Crippen molar-refractivity contribution in [2.75, 3.05) is 3.11 Å². The average Bonchev–Trinajstić information content (AvgIpc) is 2.28. The molecular formula is C14H14IN. The van der Waals surface area contributed by atoms with Gasteiger partial charge in [-0.3, -0.25) is 3.11 Å². The van der Waals surface area contributed by atoms with E-state index >= 15 is 0 Å². The van der Waals surface area contributed by atoms with E-state index in [0.29, 0.717) is 0 Å². The van der Waals surface area contributed by atoms with Gasteiger partial charge < -0.3 is 0 Å². The van der Waals surface area contributed by atoms with Crippen molar-refractivity contribution in [3.63, 3.8) is 0 Å². The Kier molecular flexibility index (Phi) is 3.49. The van der Waals surface area contributed by atoms with Gasteiger partial charge in [0.05, 0.1) is 34.2 Å². The van der Waals surface area contributed by atoms with Crippen molar-refractivity contribution in [1.29, 1.82) is 0 Å². The lowest BCUT2D eigenvalue weighted by atomic mass is 10.1. The molecule has 2 aromatic carbocycles. The summed E-state index contributed by atoms with van der Waals surface area (Å²) in [5.41, 5.74) is 5.03. The van der Waals surface area contributed by atoms with Crippen LogP contribution in [0.3, 0.4) is 0 Å². The van der Waals surface area contributed by atoms with Crippen LogP contribution in [0, 0.1) is 13.8 Å². The molecule has 0 radical (unpaired) electrons. The van der Waals surface area contributed by atoms with Gasteiger partial charge in [-0.1, -0.05) is 24.3 Å². The third-order valence-corrected chi connectivity index (χ3v) is 3.53. The molecule has 0 aliphatic carbocycles. The predicted molar refractivity (Wildman–Crippen MR) is 78.5 cm³/mol. The summed E-state index contributed by atoms with van der Waals surface area (Å²) in [5.74, 6) is 0. The normalized spacial score (nSPS) is 10.2. The Hall–Kier alpha value is -1.03. The topological polar surface area (TPSA) is 3.24 Å². The highest BCUT2D eigenvalue weighted by Crippen LogP contribution is 2.30. The molecule has 0 fully saturated rings. The van der Waals surface area contributed by atoms with Gasteiger partial charge in [-0.15, -0.1) is 0 Å². The minimum atomic E-state index is 1.20. The lowest BCUT2D eigenvalue weighted by Gasteiger charge is -2.17. The Bertz CT molecular complexity index is 459. The number of hydrogen-bond donors (Lipinski definition) is 0. The number of para-hydroxylation sites is 1. The summed E-state index contributed by atoms with van der Waals surface area (Å²) >= 11 is 2.34. The van der Waals surface area contributed by atoms with Gasteiger partial charge in [0.1, 0.15) is 0 Å². The fraction of sp³-hybridized carbons (Fsp3) is 0.143. The summed E-state index contributed by atoms with van der Waals surface area (Å²) < 4.78 is 2.18. The maximum atomic E-state index is 2.34. The number of benzene rings is 2. The van der Waals surface area contributed by atoms with E-state index in [1.54, 1.807) is 0 Å². The summed E-state index contributed by atoms with van der Waals surface area (Å²) in [4.78, 5) is 0. The zero-order valence-electron chi connectivity index (χ0n) is 9.44. The van der Waals surface area contributed by atoms with Gasteiger partial charge in [-0.05, 0) is 49.2 Å². The van der Waals surface area contributed by atoms with E-state index in [4.69, 9.17) is 0 Å². The summed E-state index contributed by atoms with van der Waals surface area (Å²) in [7, 11) is 0. The molecule has 2 aromatic rings. The quantitative estimate of drug-likeness (QED) is 0.567. The molecule has 0 aliphatic rings. The van der Waals surface area contributed by atoms with Crippen molar-refractivity contribution in [2.24, 2.45) is 0 Å². The Morgan fingerprint density at radius 1 is 0.812 bits per heavy atom. The van der Waals surface area contributed by atoms with Crippen molar-refractivity contribution >= 4 is 34.2 Å². The molecule has 0 spiro atoms. The van der Waals surface area contributed by atoms with Crippen LogP contribution in [-0.2, 0) is 0 Å². The van der Waals surface area contributed by atoms with Gasteiger partial charge in [0.15, 0.2) is 0 Å². The van der Waals surface area contributed by atoms with Gasteiger partial charge in [0.25, 0.3) is 0 Å². The van der Waals surface area contributed by atoms with Gasteiger partial charge in [-0.2, -0.15) is 0 Å². The number of aryl methyl sites for hydroxylation is 2. The van der Waals surface area contributed by atoms with E-state index in [9.17, 15) is 0 Å². The maximum absolute atomic E-state index is 2.34. The average molecular weight is 323 g/mol. The predicted octanol–water partition coefficient (Wildman–Crippen LogP) is 4.79. The van der Waals surface area contributed by atoms with Crippen LogP contribution in [0.15, 0.2) is 48.5 Å². The summed E-state index contributed by atoms with van der Waals surface area (Å²) in [6, 6.07) is 17.0. The Morgan fingerprint density at radius 3 is 1.94 bits per heavy atom. The number of hydrogen-bond acceptors (Lipinski definition) is 1. The monoisotopic (exact) mass is 323 g/mol. The summed E-state index contributed by atoms with van der Waals surface area (Å²) in [6.07, 6.45) is 0. The third kappa shape index (κ3) is 2.55. The molecule has 0 aromatic heterocycles. The first-order valence-corrected chi connectivity index (χ1v) is 6.22. The molecule has 16 heavy (non-hydrogen) atoms. The van der Waals surface area contributed by atoms with Crippen molar-refractivity contribution in [3.05, 3.63) is 59.7 Å². The standard InChI is InChI=1S/C14H14IN/c1-11-8-12(2)10-14(9-11)16(15)13-6-4-3-5-7-13/h3-10H,1-2H3. The molecule has 0 atom stereocenters. The number of nitrogens with zero attached hydrogens (tertiary/aromatic N) is 1. The molecule has 0 unspecified atom stereocenters. The number of halogens is 1. The molecule has 82 valence electrons. The van der Waals surface area contributed by atoms with Gasteiger partial charge in [0, 0.05) is 0 Å². The first kappa shape index (κ1) is 11.5. The molecule has 0 aliphatic heterocycles. The van der Waals surface area contributed by atoms with E-state index in [-0.39, 0.29) is 0 Å².